The molecule has 5 heteroatoms. The Kier molecular flexibility index (Phi) is 5.79. The van der Waals surface area contributed by atoms with Gasteiger partial charge in [-0.2, -0.15) is 0 Å². The first kappa shape index (κ1) is 12.6. The molecule has 0 unspecified atom stereocenters. The molecule has 0 aliphatic rings. The number of aromatic amines is 1. The Hall–Kier alpha value is -0.480. The number of nitrogens with zero attached hydrogens (tertiary/aromatic N) is 1. The zero-order valence-electron chi connectivity index (χ0n) is 8.75. The summed E-state index contributed by atoms with van der Waals surface area (Å²) in [5.74, 6) is 1.70. The molecule has 3 nitrogen and oxygen atoms in total. The number of nitrogens with one attached hydrogen (secondary N) is 1. The first-order valence-electron chi connectivity index (χ1n) is 4.99. The summed E-state index contributed by atoms with van der Waals surface area (Å²) in [7, 11) is 0. The number of thioether (sulfide) groups is 1. The maximum atomic E-state index is 11.1. The van der Waals surface area contributed by atoms with E-state index in [-0.39, 0.29) is 5.56 Å². The van der Waals surface area contributed by atoms with Crippen LogP contribution in [0.25, 0.3) is 0 Å². The molecule has 1 heterocycles. The van der Waals surface area contributed by atoms with Crippen LogP contribution < -0.4 is 5.56 Å². The quantitative estimate of drug-likeness (QED) is 0.363. The van der Waals surface area contributed by atoms with Gasteiger partial charge in [0.05, 0.1) is 0 Å². The van der Waals surface area contributed by atoms with E-state index in [0.717, 1.165) is 36.6 Å². The molecule has 0 aliphatic heterocycles. The van der Waals surface area contributed by atoms with Gasteiger partial charge in [0.25, 0.3) is 5.56 Å². The van der Waals surface area contributed by atoms with Crippen LogP contribution in [0.15, 0.2) is 16.0 Å². The molecular formula is C10H15ClN2OS. The summed E-state index contributed by atoms with van der Waals surface area (Å²) < 4.78 is 0. The Morgan fingerprint density at radius 2 is 2.27 bits per heavy atom. The second kappa shape index (κ2) is 6.90. The van der Waals surface area contributed by atoms with Crippen molar-refractivity contribution in [3.8, 4) is 0 Å². The number of rotatable bonds is 6. The number of hydrogen-bond acceptors (Lipinski definition) is 3. The van der Waals surface area contributed by atoms with Crippen molar-refractivity contribution >= 4 is 23.4 Å². The zero-order chi connectivity index (χ0) is 11.1. The second-order valence-electron chi connectivity index (χ2n) is 3.29. The summed E-state index contributed by atoms with van der Waals surface area (Å²) in [6.45, 7) is 1.83. The lowest BCUT2D eigenvalue weighted by atomic mass is 10.3. The highest BCUT2D eigenvalue weighted by molar-refractivity contribution is 7.99. The van der Waals surface area contributed by atoms with Crippen LogP contribution >= 0.6 is 23.4 Å². The molecule has 0 amide bonds. The Morgan fingerprint density at radius 3 is 2.93 bits per heavy atom. The van der Waals surface area contributed by atoms with Crippen molar-refractivity contribution in [3.05, 3.63) is 22.1 Å². The number of halogens is 1. The maximum absolute atomic E-state index is 11.1. The Morgan fingerprint density at radius 1 is 1.47 bits per heavy atom. The highest BCUT2D eigenvalue weighted by Crippen LogP contribution is 2.13. The molecule has 0 spiro atoms. The van der Waals surface area contributed by atoms with Crippen molar-refractivity contribution in [2.45, 2.75) is 31.3 Å². The van der Waals surface area contributed by atoms with E-state index in [0.29, 0.717) is 5.16 Å². The van der Waals surface area contributed by atoms with Crippen LogP contribution in [0.5, 0.6) is 0 Å². The number of aryl methyl sites for hydroxylation is 1. The van der Waals surface area contributed by atoms with Crippen molar-refractivity contribution in [3.63, 3.8) is 0 Å². The average Bonchev–Trinajstić information content (AvgIpc) is 2.16. The van der Waals surface area contributed by atoms with Crippen LogP contribution in [-0.4, -0.2) is 21.6 Å². The van der Waals surface area contributed by atoms with Crippen LogP contribution in [-0.2, 0) is 0 Å². The molecule has 0 radical (unpaired) electrons. The van der Waals surface area contributed by atoms with Crippen LogP contribution in [0.3, 0.4) is 0 Å². The van der Waals surface area contributed by atoms with E-state index in [2.05, 4.69) is 9.97 Å². The molecule has 1 rings (SSSR count). The van der Waals surface area contributed by atoms with E-state index in [4.69, 9.17) is 11.6 Å². The van der Waals surface area contributed by atoms with Crippen LogP contribution in [0.1, 0.15) is 25.0 Å². The number of alkyl halides is 1. The Bertz CT molecular complexity index is 354. The first-order valence-corrected chi connectivity index (χ1v) is 6.51. The molecule has 15 heavy (non-hydrogen) atoms. The summed E-state index contributed by atoms with van der Waals surface area (Å²) in [5, 5.41) is 0.714. The molecule has 84 valence electrons. The number of hydrogen-bond donors (Lipinski definition) is 1. The van der Waals surface area contributed by atoms with Gasteiger partial charge >= 0.3 is 0 Å². The Balaban J connectivity index is 2.34. The third-order valence-electron chi connectivity index (χ3n) is 1.86. The normalized spacial score (nSPS) is 10.5. The molecule has 0 aliphatic carbocycles. The molecule has 1 aromatic rings. The van der Waals surface area contributed by atoms with Crippen molar-refractivity contribution in [2.75, 3.05) is 11.6 Å². The fourth-order valence-electron chi connectivity index (χ4n) is 1.16. The lowest BCUT2D eigenvalue weighted by molar-refractivity contribution is 0.780. The molecule has 0 atom stereocenters. The predicted octanol–water partition coefficient (Wildman–Crippen LogP) is 2.58. The van der Waals surface area contributed by atoms with Gasteiger partial charge in [-0.05, 0) is 19.8 Å². The van der Waals surface area contributed by atoms with Crippen LogP contribution in [0.4, 0.5) is 0 Å². The number of H-pyrrole nitrogens is 1. The highest BCUT2D eigenvalue weighted by Gasteiger charge is 1.98. The van der Waals surface area contributed by atoms with Crippen molar-refractivity contribution in [1.29, 1.82) is 0 Å². The minimum atomic E-state index is -0.0780. The minimum Gasteiger partial charge on any atom is -0.301 e. The second-order valence-corrected chi connectivity index (χ2v) is 4.75. The van der Waals surface area contributed by atoms with E-state index >= 15 is 0 Å². The van der Waals surface area contributed by atoms with Crippen LogP contribution in [0, 0.1) is 6.92 Å². The van der Waals surface area contributed by atoms with E-state index in [1.165, 1.54) is 6.07 Å². The van der Waals surface area contributed by atoms with Gasteiger partial charge in [-0.3, -0.25) is 4.79 Å². The lowest BCUT2D eigenvalue weighted by Gasteiger charge is -2.00. The molecule has 0 saturated heterocycles. The summed E-state index contributed by atoms with van der Waals surface area (Å²) in [4.78, 5) is 18.1. The summed E-state index contributed by atoms with van der Waals surface area (Å²) in [6, 6.07) is 1.50. The monoisotopic (exact) mass is 246 g/mol. The van der Waals surface area contributed by atoms with Crippen molar-refractivity contribution in [1.82, 2.24) is 9.97 Å². The van der Waals surface area contributed by atoms with Gasteiger partial charge in [-0.15, -0.1) is 11.6 Å². The van der Waals surface area contributed by atoms with Gasteiger partial charge in [0.2, 0.25) is 0 Å². The molecule has 1 aromatic heterocycles. The predicted molar refractivity (Wildman–Crippen MR) is 64.9 cm³/mol. The molecule has 0 saturated carbocycles. The fourth-order valence-corrected chi connectivity index (χ4v) is 2.27. The number of aromatic nitrogens is 2. The average molecular weight is 247 g/mol. The summed E-state index contributed by atoms with van der Waals surface area (Å²) >= 11 is 7.16. The topological polar surface area (TPSA) is 45.8 Å². The molecule has 0 bridgehead atoms. The molecular weight excluding hydrogens is 232 g/mol. The molecule has 0 fully saturated rings. The van der Waals surface area contributed by atoms with E-state index in [1.807, 2.05) is 6.92 Å². The van der Waals surface area contributed by atoms with Gasteiger partial charge in [0.15, 0.2) is 5.16 Å². The Labute approximate surface area is 98.6 Å². The first-order chi connectivity index (χ1) is 7.22. The summed E-state index contributed by atoms with van der Waals surface area (Å²) in [6.07, 6.45) is 3.29. The molecule has 0 aromatic carbocycles. The largest absolute Gasteiger partial charge is 0.301 e. The van der Waals surface area contributed by atoms with Gasteiger partial charge in [0, 0.05) is 23.4 Å². The van der Waals surface area contributed by atoms with Crippen LogP contribution in [0.2, 0.25) is 0 Å². The lowest BCUT2D eigenvalue weighted by Crippen LogP contribution is -2.08. The van der Waals surface area contributed by atoms with E-state index < -0.39 is 0 Å². The smallest absolute Gasteiger partial charge is 0.251 e. The van der Waals surface area contributed by atoms with Gasteiger partial charge < -0.3 is 4.98 Å². The summed E-state index contributed by atoms with van der Waals surface area (Å²) in [5.41, 5.74) is 0.688. The SMILES string of the molecule is Cc1cc(=O)[nH]c(SCCCCCCl)n1. The molecule has 1 N–H and O–H groups in total. The zero-order valence-corrected chi connectivity index (χ0v) is 10.3. The van der Waals surface area contributed by atoms with E-state index in [1.54, 1.807) is 11.8 Å². The highest BCUT2D eigenvalue weighted by atomic mass is 35.5. The third-order valence-corrected chi connectivity index (χ3v) is 3.09. The van der Waals surface area contributed by atoms with E-state index in [9.17, 15) is 4.79 Å². The minimum absolute atomic E-state index is 0.0780. The fraction of sp³-hybridized carbons (Fsp3) is 0.600. The number of unbranched alkanes of at least 4 members (excludes halogenated alkanes) is 2. The van der Waals surface area contributed by atoms with Gasteiger partial charge in [0.1, 0.15) is 0 Å². The standard InChI is InChI=1S/C10H15ClN2OS/c1-8-7-9(14)13-10(12-8)15-6-4-2-3-5-11/h7H,2-6H2,1H3,(H,12,13,14). The van der Waals surface area contributed by atoms with Crippen molar-refractivity contribution in [2.24, 2.45) is 0 Å². The third kappa shape index (κ3) is 5.23. The van der Waals surface area contributed by atoms with Crippen molar-refractivity contribution < 1.29 is 0 Å². The maximum Gasteiger partial charge on any atom is 0.251 e. The van der Waals surface area contributed by atoms with Gasteiger partial charge in [-0.1, -0.05) is 18.2 Å². The van der Waals surface area contributed by atoms with Gasteiger partial charge in [-0.25, -0.2) is 4.98 Å².